The summed E-state index contributed by atoms with van der Waals surface area (Å²) in [6, 6.07) is 0. The summed E-state index contributed by atoms with van der Waals surface area (Å²) < 4.78 is 16.9. The topological polar surface area (TPSA) is 78.9 Å². The van der Waals surface area contributed by atoms with Gasteiger partial charge in [-0.15, -0.1) is 0 Å². The van der Waals surface area contributed by atoms with Crippen LogP contribution >= 0.6 is 0 Å². The monoisotopic (exact) mass is 991 g/mol. The van der Waals surface area contributed by atoms with Crippen molar-refractivity contribution in [3.8, 4) is 0 Å². The summed E-state index contributed by atoms with van der Waals surface area (Å²) in [7, 11) is 0. The average molecular weight is 992 g/mol. The smallest absolute Gasteiger partial charge is 0.306 e. The maximum absolute atomic E-state index is 12.9. The second-order valence-corrected chi connectivity index (χ2v) is 20.2. The van der Waals surface area contributed by atoms with E-state index >= 15 is 0 Å². The number of carbonyl (C=O) groups excluding carboxylic acids is 3. The molecule has 1 unspecified atom stereocenters. The number of allylic oxidation sites excluding steroid dienone is 12. The Morgan fingerprint density at radius 1 is 0.296 bits per heavy atom. The van der Waals surface area contributed by atoms with Crippen LogP contribution in [0.3, 0.4) is 0 Å². The zero-order valence-corrected chi connectivity index (χ0v) is 47.0. The van der Waals surface area contributed by atoms with Crippen LogP contribution < -0.4 is 0 Å². The number of hydrogen-bond donors (Lipinski definition) is 0. The van der Waals surface area contributed by atoms with E-state index in [0.717, 1.165) is 109 Å². The first-order valence-corrected chi connectivity index (χ1v) is 30.4. The van der Waals surface area contributed by atoms with Crippen LogP contribution in [0.5, 0.6) is 0 Å². The molecule has 6 heteroatoms. The minimum atomic E-state index is -0.783. The van der Waals surface area contributed by atoms with E-state index in [4.69, 9.17) is 14.2 Å². The van der Waals surface area contributed by atoms with E-state index in [1.807, 2.05) is 0 Å². The molecule has 0 saturated carbocycles. The fraction of sp³-hybridized carbons (Fsp3) is 0.769. The normalized spacial score (nSPS) is 12.5. The van der Waals surface area contributed by atoms with Crippen molar-refractivity contribution >= 4 is 17.9 Å². The molecule has 0 N–H and O–H groups in total. The molecule has 0 aliphatic carbocycles. The van der Waals surface area contributed by atoms with Gasteiger partial charge in [-0.2, -0.15) is 0 Å². The molecule has 0 fully saturated rings. The minimum absolute atomic E-state index is 0.0795. The molecule has 0 heterocycles. The van der Waals surface area contributed by atoms with E-state index in [2.05, 4.69) is 93.7 Å². The van der Waals surface area contributed by atoms with E-state index in [1.54, 1.807) is 0 Å². The van der Waals surface area contributed by atoms with Gasteiger partial charge in [0.05, 0.1) is 0 Å². The molecular formula is C65H114O6. The molecule has 0 aromatic carbocycles. The molecule has 0 aromatic rings. The van der Waals surface area contributed by atoms with Crippen LogP contribution in [0.2, 0.25) is 0 Å². The molecule has 1 atom stereocenters. The van der Waals surface area contributed by atoms with Crippen LogP contribution in [0.15, 0.2) is 72.9 Å². The van der Waals surface area contributed by atoms with E-state index < -0.39 is 6.10 Å². The minimum Gasteiger partial charge on any atom is -0.462 e. The molecule has 71 heavy (non-hydrogen) atoms. The molecule has 0 amide bonds. The van der Waals surface area contributed by atoms with Gasteiger partial charge in [-0.05, 0) is 70.6 Å². The van der Waals surface area contributed by atoms with Gasteiger partial charge in [-0.1, -0.05) is 286 Å². The highest BCUT2D eigenvalue weighted by Gasteiger charge is 2.19. The fourth-order valence-electron chi connectivity index (χ4n) is 8.68. The van der Waals surface area contributed by atoms with Crippen molar-refractivity contribution in [1.82, 2.24) is 0 Å². The van der Waals surface area contributed by atoms with Gasteiger partial charge in [-0.3, -0.25) is 14.4 Å². The predicted molar refractivity (Wildman–Crippen MR) is 307 cm³/mol. The van der Waals surface area contributed by atoms with E-state index in [1.165, 1.54) is 154 Å². The van der Waals surface area contributed by atoms with Crippen LogP contribution in [0, 0.1) is 0 Å². The molecule has 0 rings (SSSR count). The van der Waals surface area contributed by atoms with Crippen LogP contribution in [-0.2, 0) is 28.6 Å². The van der Waals surface area contributed by atoms with Crippen molar-refractivity contribution < 1.29 is 28.6 Å². The highest BCUT2D eigenvalue weighted by molar-refractivity contribution is 5.71. The Morgan fingerprint density at radius 2 is 0.549 bits per heavy atom. The molecule has 0 spiro atoms. The molecular weight excluding hydrogens is 877 g/mol. The second kappa shape index (κ2) is 59.4. The van der Waals surface area contributed by atoms with Crippen LogP contribution in [0.25, 0.3) is 0 Å². The summed E-state index contributed by atoms with van der Waals surface area (Å²) in [5.41, 5.74) is 0. The predicted octanol–water partition coefficient (Wildman–Crippen LogP) is 20.5. The largest absolute Gasteiger partial charge is 0.462 e. The lowest BCUT2D eigenvalue weighted by Crippen LogP contribution is -2.30. The molecule has 0 aliphatic rings. The summed E-state index contributed by atoms with van der Waals surface area (Å²) in [4.78, 5) is 38.2. The fourth-order valence-corrected chi connectivity index (χ4v) is 8.68. The van der Waals surface area contributed by atoms with Gasteiger partial charge in [0.15, 0.2) is 6.10 Å². The third-order valence-electron chi connectivity index (χ3n) is 13.2. The van der Waals surface area contributed by atoms with Gasteiger partial charge < -0.3 is 14.2 Å². The number of hydrogen-bond acceptors (Lipinski definition) is 6. The summed E-state index contributed by atoms with van der Waals surface area (Å²) >= 11 is 0. The number of unbranched alkanes of at least 4 members (excludes halogenated alkanes) is 32. The van der Waals surface area contributed by atoms with E-state index in [9.17, 15) is 14.4 Å². The van der Waals surface area contributed by atoms with Crippen LogP contribution in [-0.4, -0.2) is 37.2 Å². The standard InChI is InChI=1S/C65H114O6/c1-4-7-10-13-16-19-22-25-27-29-31-32-33-34-35-37-38-40-43-46-49-52-55-58-64(67)70-61-62(60-69-63(66)57-54-51-48-45-42-24-21-18-15-12-9-6-3)71-65(68)59-56-53-50-47-44-41-39-36-30-28-26-23-20-17-14-11-8-5-2/h7,10,16,19,25,27,31-32,34-35,38,40,62H,4-6,8-9,11-15,17-18,20-24,26,28-30,33,36-37,39,41-61H2,1-3H3/b10-7-,19-16-,27-25-,32-31-,35-34-,40-38-. The first-order valence-electron chi connectivity index (χ1n) is 30.4. The summed E-state index contributed by atoms with van der Waals surface area (Å²) in [5, 5.41) is 0. The van der Waals surface area contributed by atoms with Gasteiger partial charge in [-0.25, -0.2) is 0 Å². The summed E-state index contributed by atoms with van der Waals surface area (Å²) in [6.07, 6.45) is 76.1. The number of rotatable bonds is 55. The first-order chi connectivity index (χ1) is 35.0. The Morgan fingerprint density at radius 3 is 0.859 bits per heavy atom. The molecule has 410 valence electrons. The average Bonchev–Trinajstić information content (AvgIpc) is 3.37. The van der Waals surface area contributed by atoms with Crippen LogP contribution in [0.4, 0.5) is 0 Å². The number of carbonyl (C=O) groups is 3. The Hall–Kier alpha value is -3.15. The van der Waals surface area contributed by atoms with Crippen molar-refractivity contribution in [1.29, 1.82) is 0 Å². The Kier molecular flexibility index (Phi) is 56.8. The Balaban J connectivity index is 4.36. The molecule has 6 nitrogen and oxygen atoms in total. The molecule has 0 saturated heterocycles. The molecule has 0 bridgehead atoms. The molecule has 0 aromatic heterocycles. The lowest BCUT2D eigenvalue weighted by molar-refractivity contribution is -0.167. The zero-order valence-electron chi connectivity index (χ0n) is 47.0. The maximum Gasteiger partial charge on any atom is 0.306 e. The lowest BCUT2D eigenvalue weighted by Gasteiger charge is -2.18. The molecule has 0 aliphatic heterocycles. The zero-order chi connectivity index (χ0) is 51.4. The van der Waals surface area contributed by atoms with Crippen molar-refractivity contribution in [2.24, 2.45) is 0 Å². The van der Waals surface area contributed by atoms with Gasteiger partial charge in [0.2, 0.25) is 0 Å². The lowest BCUT2D eigenvalue weighted by atomic mass is 10.0. The van der Waals surface area contributed by atoms with Crippen molar-refractivity contribution in [3.63, 3.8) is 0 Å². The number of ether oxygens (including phenoxy) is 3. The first kappa shape index (κ1) is 67.8. The Labute approximate surface area is 440 Å². The number of esters is 3. The molecule has 0 radical (unpaired) electrons. The third kappa shape index (κ3) is 57.6. The van der Waals surface area contributed by atoms with Crippen molar-refractivity contribution in [3.05, 3.63) is 72.9 Å². The summed E-state index contributed by atoms with van der Waals surface area (Å²) in [6.45, 7) is 6.54. The second-order valence-electron chi connectivity index (χ2n) is 20.2. The SMILES string of the molecule is CC/C=C\C/C=C\C/C=C\C/C=C\C/C=C\C/C=C\CCCCCCC(=O)OCC(COC(=O)CCCCCCCCCCCCCC)OC(=O)CCCCCCCCCCCCCCCCCCCC. The maximum atomic E-state index is 12.9. The third-order valence-corrected chi connectivity index (χ3v) is 13.2. The van der Waals surface area contributed by atoms with E-state index in [-0.39, 0.29) is 31.1 Å². The highest BCUT2D eigenvalue weighted by atomic mass is 16.6. The highest BCUT2D eigenvalue weighted by Crippen LogP contribution is 2.17. The van der Waals surface area contributed by atoms with Gasteiger partial charge in [0.25, 0.3) is 0 Å². The van der Waals surface area contributed by atoms with Crippen molar-refractivity contribution in [2.75, 3.05) is 13.2 Å². The van der Waals surface area contributed by atoms with E-state index in [0.29, 0.717) is 19.3 Å². The van der Waals surface area contributed by atoms with Gasteiger partial charge in [0.1, 0.15) is 13.2 Å². The van der Waals surface area contributed by atoms with Gasteiger partial charge in [0, 0.05) is 19.3 Å². The Bertz CT molecular complexity index is 1320. The van der Waals surface area contributed by atoms with Crippen molar-refractivity contribution in [2.45, 2.75) is 309 Å². The summed E-state index contributed by atoms with van der Waals surface area (Å²) in [5.74, 6) is -0.891. The quantitative estimate of drug-likeness (QED) is 0.0261. The van der Waals surface area contributed by atoms with Gasteiger partial charge >= 0.3 is 17.9 Å². The van der Waals surface area contributed by atoms with Crippen LogP contribution in [0.1, 0.15) is 303 Å².